The Labute approximate surface area is 141 Å². The fourth-order valence-electron chi connectivity index (χ4n) is 3.14. The molecule has 1 aromatic heterocycles. The van der Waals surface area contributed by atoms with Gasteiger partial charge in [0.2, 0.25) is 5.91 Å². The van der Waals surface area contributed by atoms with E-state index < -0.39 is 0 Å². The SMILES string of the molecule is CCc1[nH]c([C@@H]2CC(=O)N(C(C)C)C2)nc1-c1ccc(Cl)cc1. The van der Waals surface area contributed by atoms with Crippen LogP contribution in [-0.4, -0.2) is 33.4 Å². The number of carbonyl (C=O) groups excluding carboxylic acids is 1. The van der Waals surface area contributed by atoms with Gasteiger partial charge in [-0.15, -0.1) is 0 Å². The highest BCUT2D eigenvalue weighted by molar-refractivity contribution is 6.30. The van der Waals surface area contributed by atoms with Crippen LogP contribution in [0.5, 0.6) is 0 Å². The van der Waals surface area contributed by atoms with Crippen molar-refractivity contribution in [2.75, 3.05) is 6.54 Å². The number of nitrogens with zero attached hydrogens (tertiary/aromatic N) is 2. The zero-order valence-electron chi connectivity index (χ0n) is 13.8. The maximum atomic E-state index is 12.1. The highest BCUT2D eigenvalue weighted by Gasteiger charge is 2.34. The van der Waals surface area contributed by atoms with Crippen LogP contribution in [0.4, 0.5) is 0 Å². The van der Waals surface area contributed by atoms with Crippen molar-refractivity contribution in [2.24, 2.45) is 0 Å². The van der Waals surface area contributed by atoms with Crippen LogP contribution in [0, 0.1) is 0 Å². The molecule has 1 aromatic carbocycles. The van der Waals surface area contributed by atoms with Crippen molar-refractivity contribution in [3.05, 3.63) is 40.8 Å². The number of rotatable bonds is 4. The Morgan fingerprint density at radius 3 is 2.61 bits per heavy atom. The fourth-order valence-corrected chi connectivity index (χ4v) is 3.27. The van der Waals surface area contributed by atoms with E-state index in [1.54, 1.807) is 0 Å². The van der Waals surface area contributed by atoms with E-state index in [-0.39, 0.29) is 17.9 Å². The molecule has 5 heteroatoms. The Hall–Kier alpha value is -1.81. The van der Waals surface area contributed by atoms with E-state index in [1.807, 2.05) is 29.2 Å². The van der Waals surface area contributed by atoms with Crippen LogP contribution in [0.2, 0.25) is 5.02 Å². The van der Waals surface area contributed by atoms with Crippen LogP contribution < -0.4 is 0 Å². The highest BCUT2D eigenvalue weighted by Crippen LogP contribution is 2.31. The number of imidazole rings is 1. The molecule has 1 atom stereocenters. The van der Waals surface area contributed by atoms with E-state index in [2.05, 4.69) is 25.8 Å². The topological polar surface area (TPSA) is 49.0 Å². The second kappa shape index (κ2) is 6.36. The summed E-state index contributed by atoms with van der Waals surface area (Å²) in [6.07, 6.45) is 1.41. The Balaban J connectivity index is 1.91. The third-order valence-electron chi connectivity index (χ3n) is 4.44. The van der Waals surface area contributed by atoms with Gasteiger partial charge in [0.15, 0.2) is 0 Å². The molecule has 0 radical (unpaired) electrons. The first-order chi connectivity index (χ1) is 11.0. The molecule has 0 aliphatic carbocycles. The zero-order valence-corrected chi connectivity index (χ0v) is 14.5. The molecule has 2 heterocycles. The summed E-state index contributed by atoms with van der Waals surface area (Å²) in [6, 6.07) is 7.97. The minimum atomic E-state index is 0.149. The Bertz CT molecular complexity index is 706. The predicted molar refractivity (Wildman–Crippen MR) is 92.6 cm³/mol. The molecular weight excluding hydrogens is 310 g/mol. The number of aromatic nitrogens is 2. The number of hydrogen-bond donors (Lipinski definition) is 1. The summed E-state index contributed by atoms with van der Waals surface area (Å²) in [7, 11) is 0. The molecule has 0 bridgehead atoms. The van der Waals surface area contributed by atoms with Crippen molar-refractivity contribution in [3.8, 4) is 11.3 Å². The quantitative estimate of drug-likeness (QED) is 0.920. The van der Waals surface area contributed by atoms with Crippen LogP contribution in [0.3, 0.4) is 0 Å². The van der Waals surface area contributed by atoms with Gasteiger partial charge in [0.25, 0.3) is 0 Å². The number of nitrogens with one attached hydrogen (secondary N) is 1. The van der Waals surface area contributed by atoms with Gasteiger partial charge in [-0.2, -0.15) is 0 Å². The van der Waals surface area contributed by atoms with Crippen LogP contribution >= 0.6 is 11.6 Å². The number of carbonyl (C=O) groups is 1. The second-order valence-electron chi connectivity index (χ2n) is 6.35. The van der Waals surface area contributed by atoms with Gasteiger partial charge in [-0.25, -0.2) is 4.98 Å². The van der Waals surface area contributed by atoms with Gasteiger partial charge < -0.3 is 9.88 Å². The lowest BCUT2D eigenvalue weighted by Crippen LogP contribution is -2.31. The third kappa shape index (κ3) is 3.13. The summed E-state index contributed by atoms with van der Waals surface area (Å²) in [4.78, 5) is 22.3. The molecule has 1 amide bonds. The number of aryl methyl sites for hydroxylation is 1. The number of hydrogen-bond acceptors (Lipinski definition) is 2. The summed E-state index contributed by atoms with van der Waals surface area (Å²) in [5.74, 6) is 1.28. The molecule has 1 aliphatic rings. The molecule has 0 saturated carbocycles. The van der Waals surface area contributed by atoms with Gasteiger partial charge in [-0.1, -0.05) is 30.7 Å². The first-order valence-electron chi connectivity index (χ1n) is 8.13. The lowest BCUT2D eigenvalue weighted by atomic mass is 10.1. The summed E-state index contributed by atoms with van der Waals surface area (Å²) >= 11 is 5.97. The van der Waals surface area contributed by atoms with Gasteiger partial charge in [0.05, 0.1) is 5.69 Å². The monoisotopic (exact) mass is 331 g/mol. The van der Waals surface area contributed by atoms with Crippen molar-refractivity contribution in [1.29, 1.82) is 0 Å². The minimum Gasteiger partial charge on any atom is -0.345 e. The van der Waals surface area contributed by atoms with E-state index in [0.29, 0.717) is 6.42 Å². The van der Waals surface area contributed by atoms with Crippen LogP contribution in [0.15, 0.2) is 24.3 Å². The summed E-state index contributed by atoms with van der Waals surface area (Å²) < 4.78 is 0. The molecule has 4 nitrogen and oxygen atoms in total. The summed E-state index contributed by atoms with van der Waals surface area (Å²) in [5, 5.41) is 0.719. The molecule has 0 spiro atoms. The highest BCUT2D eigenvalue weighted by atomic mass is 35.5. The van der Waals surface area contributed by atoms with E-state index in [1.165, 1.54) is 0 Å². The van der Waals surface area contributed by atoms with E-state index >= 15 is 0 Å². The number of benzene rings is 1. The number of amides is 1. The van der Waals surface area contributed by atoms with Crippen molar-refractivity contribution in [1.82, 2.24) is 14.9 Å². The molecular formula is C18H22ClN3O. The Morgan fingerprint density at radius 1 is 1.35 bits per heavy atom. The van der Waals surface area contributed by atoms with Crippen molar-refractivity contribution in [2.45, 2.75) is 45.6 Å². The maximum Gasteiger partial charge on any atom is 0.223 e. The molecule has 3 rings (SSSR count). The second-order valence-corrected chi connectivity index (χ2v) is 6.79. The van der Waals surface area contributed by atoms with Gasteiger partial charge in [-0.05, 0) is 32.4 Å². The Kier molecular flexibility index (Phi) is 4.44. The maximum absolute atomic E-state index is 12.1. The minimum absolute atomic E-state index is 0.149. The van der Waals surface area contributed by atoms with Crippen LogP contribution in [0.1, 0.15) is 44.6 Å². The Morgan fingerprint density at radius 2 is 2.04 bits per heavy atom. The predicted octanol–water partition coefficient (Wildman–Crippen LogP) is 4.02. The van der Waals surface area contributed by atoms with Gasteiger partial charge in [0.1, 0.15) is 5.82 Å². The number of H-pyrrole nitrogens is 1. The fraction of sp³-hybridized carbons (Fsp3) is 0.444. The lowest BCUT2D eigenvalue weighted by Gasteiger charge is -2.20. The number of aromatic amines is 1. The molecule has 1 aliphatic heterocycles. The summed E-state index contributed by atoms with van der Waals surface area (Å²) in [6.45, 7) is 6.96. The normalized spacial score (nSPS) is 18.2. The molecule has 1 N–H and O–H groups in total. The van der Waals surface area contributed by atoms with Gasteiger partial charge in [-0.3, -0.25) is 4.79 Å². The molecule has 1 saturated heterocycles. The molecule has 23 heavy (non-hydrogen) atoms. The van der Waals surface area contributed by atoms with Crippen molar-refractivity contribution in [3.63, 3.8) is 0 Å². The average Bonchev–Trinajstić information content (AvgIpc) is 3.11. The largest absolute Gasteiger partial charge is 0.345 e. The third-order valence-corrected chi connectivity index (χ3v) is 4.69. The molecule has 0 unspecified atom stereocenters. The smallest absolute Gasteiger partial charge is 0.223 e. The number of likely N-dealkylation sites (tertiary alicyclic amines) is 1. The average molecular weight is 332 g/mol. The molecule has 1 fully saturated rings. The molecule has 122 valence electrons. The number of halogens is 1. The first kappa shape index (κ1) is 16.1. The van der Waals surface area contributed by atoms with E-state index in [9.17, 15) is 4.79 Å². The van der Waals surface area contributed by atoms with Crippen LogP contribution in [-0.2, 0) is 11.2 Å². The zero-order chi connectivity index (χ0) is 16.6. The van der Waals surface area contributed by atoms with Crippen molar-refractivity contribution >= 4 is 17.5 Å². The van der Waals surface area contributed by atoms with E-state index in [4.69, 9.17) is 16.6 Å². The van der Waals surface area contributed by atoms with Gasteiger partial charge >= 0.3 is 0 Å². The summed E-state index contributed by atoms with van der Waals surface area (Å²) in [5.41, 5.74) is 3.13. The first-order valence-corrected chi connectivity index (χ1v) is 8.51. The molecule has 2 aromatic rings. The van der Waals surface area contributed by atoms with Gasteiger partial charge in [0, 0.05) is 41.2 Å². The van der Waals surface area contributed by atoms with Crippen molar-refractivity contribution < 1.29 is 4.79 Å². The standard InChI is InChI=1S/C18H22ClN3O/c1-4-15-17(12-5-7-14(19)8-6-12)21-18(20-15)13-9-16(23)22(10-13)11(2)3/h5-8,11,13H,4,9-10H2,1-3H3,(H,20,21)/t13-/m1/s1. The van der Waals surface area contributed by atoms with E-state index in [0.717, 1.165) is 40.8 Å². The lowest BCUT2D eigenvalue weighted by molar-refractivity contribution is -0.129. The van der Waals surface area contributed by atoms with Crippen LogP contribution in [0.25, 0.3) is 11.3 Å².